The number of hydrogen-bond donors (Lipinski definition) is 2. The molecule has 3 N–H and O–H groups in total. The van der Waals surface area contributed by atoms with Crippen LogP contribution in [0.5, 0.6) is 0 Å². The summed E-state index contributed by atoms with van der Waals surface area (Å²) in [5.41, 5.74) is 8.76. The fraction of sp³-hybridized carbons (Fsp3) is 0.308. The molecule has 1 amide bonds. The quantitative estimate of drug-likeness (QED) is 0.537. The Balaban J connectivity index is 1.48. The van der Waals surface area contributed by atoms with E-state index in [2.05, 4.69) is 15.2 Å². The Hall–Kier alpha value is -3.43. The molecule has 1 fully saturated rings. The highest BCUT2D eigenvalue weighted by atomic mass is 19.4. The number of pyridine rings is 1. The lowest BCUT2D eigenvalue weighted by molar-refractivity contribution is -0.137. The van der Waals surface area contributed by atoms with Gasteiger partial charge in [-0.25, -0.2) is 0 Å². The van der Waals surface area contributed by atoms with Gasteiger partial charge < -0.3 is 20.7 Å². The van der Waals surface area contributed by atoms with Crippen LogP contribution in [0.4, 0.5) is 18.9 Å². The normalized spacial score (nSPS) is 15.1. The number of nitrogens with two attached hydrogens (primary N) is 1. The molecule has 0 saturated carbocycles. The van der Waals surface area contributed by atoms with E-state index >= 15 is 0 Å². The molecule has 35 heavy (non-hydrogen) atoms. The number of rotatable bonds is 6. The molecule has 1 aliphatic rings. The van der Waals surface area contributed by atoms with Crippen LogP contribution >= 0.6 is 0 Å². The number of ether oxygens (including phenoxy) is 1. The first-order valence-electron chi connectivity index (χ1n) is 11.4. The van der Waals surface area contributed by atoms with E-state index in [4.69, 9.17) is 10.5 Å². The number of benzene rings is 2. The molecular formula is C26H27F3N4O2. The SMILES string of the molecule is C[C@@H](NC(=O)c1cc(N2CCOCC2)ccn1)c1ccc(-c2cc(C(F)(F)F)ccc2CN)cc1. The number of nitrogens with one attached hydrogen (secondary N) is 1. The zero-order chi connectivity index (χ0) is 25.0. The molecule has 3 aromatic rings. The van der Waals surface area contributed by atoms with Gasteiger partial charge in [-0.3, -0.25) is 9.78 Å². The minimum atomic E-state index is -4.44. The number of carbonyl (C=O) groups is 1. The molecule has 184 valence electrons. The zero-order valence-electron chi connectivity index (χ0n) is 19.3. The number of hydrogen-bond acceptors (Lipinski definition) is 5. The van der Waals surface area contributed by atoms with E-state index in [1.807, 2.05) is 13.0 Å². The summed E-state index contributed by atoms with van der Waals surface area (Å²) in [4.78, 5) is 19.2. The lowest BCUT2D eigenvalue weighted by atomic mass is 9.95. The molecule has 1 saturated heterocycles. The summed E-state index contributed by atoms with van der Waals surface area (Å²) in [6.07, 6.45) is -2.82. The highest BCUT2D eigenvalue weighted by Crippen LogP contribution is 2.34. The summed E-state index contributed by atoms with van der Waals surface area (Å²) in [6, 6.07) is 13.9. The molecule has 0 spiro atoms. The molecule has 9 heteroatoms. The average Bonchev–Trinajstić information content (AvgIpc) is 2.88. The Bertz CT molecular complexity index is 1180. The minimum Gasteiger partial charge on any atom is -0.378 e. The molecule has 4 rings (SSSR count). The van der Waals surface area contributed by atoms with Crippen LogP contribution in [-0.2, 0) is 17.5 Å². The highest BCUT2D eigenvalue weighted by molar-refractivity contribution is 5.93. The fourth-order valence-electron chi connectivity index (χ4n) is 4.07. The summed E-state index contributed by atoms with van der Waals surface area (Å²) in [6.45, 7) is 4.76. The van der Waals surface area contributed by atoms with Gasteiger partial charge in [0.05, 0.1) is 24.8 Å². The van der Waals surface area contributed by atoms with Crippen LogP contribution < -0.4 is 16.0 Å². The average molecular weight is 485 g/mol. The summed E-state index contributed by atoms with van der Waals surface area (Å²) in [5, 5.41) is 2.94. The Morgan fingerprint density at radius 1 is 1.11 bits per heavy atom. The van der Waals surface area contributed by atoms with Gasteiger partial charge in [-0.2, -0.15) is 13.2 Å². The molecule has 0 bridgehead atoms. The first-order valence-corrected chi connectivity index (χ1v) is 11.4. The van der Waals surface area contributed by atoms with E-state index in [1.54, 1.807) is 36.5 Å². The van der Waals surface area contributed by atoms with Gasteiger partial charge >= 0.3 is 6.18 Å². The number of amides is 1. The molecule has 1 aliphatic heterocycles. The van der Waals surface area contributed by atoms with Gasteiger partial charge in [0.1, 0.15) is 5.69 Å². The largest absolute Gasteiger partial charge is 0.416 e. The van der Waals surface area contributed by atoms with Crippen LogP contribution in [0, 0.1) is 0 Å². The van der Waals surface area contributed by atoms with Crippen molar-refractivity contribution in [2.24, 2.45) is 5.73 Å². The van der Waals surface area contributed by atoms with Gasteiger partial charge in [0.15, 0.2) is 0 Å². The molecule has 0 radical (unpaired) electrons. The van der Waals surface area contributed by atoms with Crippen LogP contribution in [0.15, 0.2) is 60.8 Å². The van der Waals surface area contributed by atoms with Crippen LogP contribution in [0.3, 0.4) is 0 Å². The monoisotopic (exact) mass is 484 g/mol. The van der Waals surface area contributed by atoms with Crippen molar-refractivity contribution in [3.05, 3.63) is 83.2 Å². The van der Waals surface area contributed by atoms with E-state index in [0.717, 1.165) is 36.5 Å². The highest BCUT2D eigenvalue weighted by Gasteiger charge is 2.31. The molecule has 6 nitrogen and oxygen atoms in total. The number of morpholine rings is 1. The molecule has 0 aliphatic carbocycles. The molecule has 1 atom stereocenters. The predicted octanol–water partition coefficient (Wildman–Crippen LogP) is 4.55. The Morgan fingerprint density at radius 3 is 2.49 bits per heavy atom. The summed E-state index contributed by atoms with van der Waals surface area (Å²) < 4.78 is 45.0. The second kappa shape index (κ2) is 10.5. The number of alkyl halides is 3. The van der Waals surface area contributed by atoms with Crippen molar-refractivity contribution in [2.45, 2.75) is 25.7 Å². The van der Waals surface area contributed by atoms with Gasteiger partial charge in [0.25, 0.3) is 5.91 Å². The van der Waals surface area contributed by atoms with E-state index in [1.165, 1.54) is 6.07 Å². The Kier molecular flexibility index (Phi) is 7.37. The van der Waals surface area contributed by atoms with Crippen molar-refractivity contribution < 1.29 is 22.7 Å². The lowest BCUT2D eigenvalue weighted by Gasteiger charge is -2.28. The van der Waals surface area contributed by atoms with E-state index in [-0.39, 0.29) is 18.5 Å². The number of anilines is 1. The number of halogens is 3. The summed E-state index contributed by atoms with van der Waals surface area (Å²) in [7, 11) is 0. The van der Waals surface area contributed by atoms with Gasteiger partial charge in [0, 0.05) is 31.5 Å². The Morgan fingerprint density at radius 2 is 1.83 bits per heavy atom. The van der Waals surface area contributed by atoms with Gasteiger partial charge in [-0.05, 0) is 53.4 Å². The van der Waals surface area contributed by atoms with Crippen molar-refractivity contribution in [3.63, 3.8) is 0 Å². The third-order valence-corrected chi connectivity index (χ3v) is 6.08. The smallest absolute Gasteiger partial charge is 0.378 e. The van der Waals surface area contributed by atoms with Crippen LogP contribution in [0.2, 0.25) is 0 Å². The summed E-state index contributed by atoms with van der Waals surface area (Å²) in [5.74, 6) is -0.306. The second-order valence-corrected chi connectivity index (χ2v) is 8.39. The van der Waals surface area contributed by atoms with Gasteiger partial charge in [0.2, 0.25) is 0 Å². The van der Waals surface area contributed by atoms with Crippen molar-refractivity contribution in [2.75, 3.05) is 31.2 Å². The van der Waals surface area contributed by atoms with E-state index in [0.29, 0.717) is 35.6 Å². The van der Waals surface area contributed by atoms with Crippen molar-refractivity contribution in [1.29, 1.82) is 0 Å². The standard InChI is InChI=1S/C26H27F3N4O2/c1-17(32-25(34)24-15-22(8-9-31-24)33-10-12-35-13-11-33)18-2-4-19(5-3-18)23-14-21(26(27,28)29)7-6-20(23)16-30/h2-9,14-15,17H,10-13,16,30H2,1H3,(H,32,34)/t17-/m1/s1. The van der Waals surface area contributed by atoms with E-state index < -0.39 is 11.7 Å². The van der Waals surface area contributed by atoms with Crippen molar-refractivity contribution in [3.8, 4) is 11.1 Å². The molecule has 2 heterocycles. The number of carbonyl (C=O) groups excluding carboxylic acids is 1. The molecule has 2 aromatic carbocycles. The first-order chi connectivity index (χ1) is 16.8. The maximum absolute atomic E-state index is 13.2. The van der Waals surface area contributed by atoms with Gasteiger partial charge in [-0.15, -0.1) is 0 Å². The van der Waals surface area contributed by atoms with E-state index in [9.17, 15) is 18.0 Å². The fourth-order valence-corrected chi connectivity index (χ4v) is 4.07. The maximum Gasteiger partial charge on any atom is 0.416 e. The van der Waals surface area contributed by atoms with Crippen LogP contribution in [0.1, 0.15) is 40.1 Å². The first kappa shape index (κ1) is 24.7. The third kappa shape index (κ3) is 5.80. The topological polar surface area (TPSA) is 80.5 Å². The van der Waals surface area contributed by atoms with Gasteiger partial charge in [-0.1, -0.05) is 30.3 Å². The second-order valence-electron chi connectivity index (χ2n) is 8.39. The van der Waals surface area contributed by atoms with Crippen molar-refractivity contribution >= 4 is 11.6 Å². The molecule has 0 unspecified atom stereocenters. The zero-order valence-corrected chi connectivity index (χ0v) is 19.3. The van der Waals surface area contributed by atoms with Crippen molar-refractivity contribution in [1.82, 2.24) is 10.3 Å². The third-order valence-electron chi connectivity index (χ3n) is 6.08. The van der Waals surface area contributed by atoms with Crippen LogP contribution in [-0.4, -0.2) is 37.2 Å². The van der Waals surface area contributed by atoms with Crippen LogP contribution in [0.25, 0.3) is 11.1 Å². The lowest BCUT2D eigenvalue weighted by Crippen LogP contribution is -2.36. The summed E-state index contributed by atoms with van der Waals surface area (Å²) >= 11 is 0. The predicted molar refractivity (Wildman–Crippen MR) is 128 cm³/mol. The maximum atomic E-state index is 13.2. The number of aromatic nitrogens is 1. The minimum absolute atomic E-state index is 0.123. The number of nitrogens with zero attached hydrogens (tertiary/aromatic N) is 2. The molecular weight excluding hydrogens is 457 g/mol. The Labute approximate surface area is 201 Å². The molecule has 1 aromatic heterocycles.